The summed E-state index contributed by atoms with van der Waals surface area (Å²) < 4.78 is 0. The summed E-state index contributed by atoms with van der Waals surface area (Å²) in [6, 6.07) is 7.69. The average Bonchev–Trinajstić information content (AvgIpc) is 2.33. The number of oxime groups is 1. The Kier molecular flexibility index (Phi) is 5.16. The van der Waals surface area contributed by atoms with Crippen LogP contribution in [-0.2, 0) is 6.54 Å². The number of nitrogens with one attached hydrogen (secondary N) is 1. The van der Waals surface area contributed by atoms with Crippen LogP contribution in [0, 0.1) is 5.41 Å². The van der Waals surface area contributed by atoms with E-state index in [1.807, 2.05) is 24.3 Å². The number of nitrogens with zero attached hydrogens (tertiary/aromatic N) is 1. The Bertz CT molecular complexity index is 408. The fraction of sp³-hybridized carbons (Fsp3) is 0.500. The molecule has 0 saturated heterocycles. The van der Waals surface area contributed by atoms with Gasteiger partial charge in [-0.05, 0) is 30.0 Å². The Hall–Kier alpha value is -1.55. The molecule has 4 N–H and O–H groups in total. The summed E-state index contributed by atoms with van der Waals surface area (Å²) >= 11 is 0. The summed E-state index contributed by atoms with van der Waals surface area (Å²) in [6.07, 6.45) is 1.13. The maximum Gasteiger partial charge on any atom is 0.170 e. The highest BCUT2D eigenvalue weighted by Gasteiger charge is 2.08. The average molecular weight is 249 g/mol. The van der Waals surface area contributed by atoms with Gasteiger partial charge in [-0.3, -0.25) is 0 Å². The molecule has 1 aromatic rings. The SMILES string of the molecule is CC(C)(C)CCNCc1cccc(/C(N)=N/O)c1. The molecule has 100 valence electrons. The van der Waals surface area contributed by atoms with Crippen LogP contribution in [0.5, 0.6) is 0 Å². The summed E-state index contributed by atoms with van der Waals surface area (Å²) in [5.41, 5.74) is 7.78. The van der Waals surface area contributed by atoms with Gasteiger partial charge >= 0.3 is 0 Å². The third kappa shape index (κ3) is 5.19. The van der Waals surface area contributed by atoms with Gasteiger partial charge in [-0.1, -0.05) is 44.1 Å². The van der Waals surface area contributed by atoms with Crippen LogP contribution >= 0.6 is 0 Å². The lowest BCUT2D eigenvalue weighted by Gasteiger charge is -2.18. The first-order valence-corrected chi connectivity index (χ1v) is 6.20. The predicted molar refractivity (Wildman–Crippen MR) is 74.7 cm³/mol. The van der Waals surface area contributed by atoms with Crippen molar-refractivity contribution in [3.63, 3.8) is 0 Å². The number of hydrogen-bond acceptors (Lipinski definition) is 3. The summed E-state index contributed by atoms with van der Waals surface area (Å²) in [6.45, 7) is 8.47. The minimum atomic E-state index is 0.145. The van der Waals surface area contributed by atoms with Gasteiger partial charge in [0.2, 0.25) is 0 Å². The van der Waals surface area contributed by atoms with Crippen molar-refractivity contribution >= 4 is 5.84 Å². The molecule has 0 aliphatic rings. The first-order chi connectivity index (χ1) is 8.42. The van der Waals surface area contributed by atoms with Crippen LogP contribution < -0.4 is 11.1 Å². The molecule has 1 rings (SSSR count). The van der Waals surface area contributed by atoms with E-state index >= 15 is 0 Å². The van der Waals surface area contributed by atoms with Crippen molar-refractivity contribution in [2.45, 2.75) is 33.7 Å². The van der Waals surface area contributed by atoms with Crippen molar-refractivity contribution < 1.29 is 5.21 Å². The Morgan fingerprint density at radius 1 is 1.39 bits per heavy atom. The van der Waals surface area contributed by atoms with Gasteiger partial charge in [0.05, 0.1) is 0 Å². The van der Waals surface area contributed by atoms with Crippen molar-refractivity contribution in [2.75, 3.05) is 6.54 Å². The molecule has 0 radical (unpaired) electrons. The van der Waals surface area contributed by atoms with Crippen molar-refractivity contribution in [1.29, 1.82) is 0 Å². The lowest BCUT2D eigenvalue weighted by atomic mass is 9.92. The van der Waals surface area contributed by atoms with Crippen LogP contribution in [0.3, 0.4) is 0 Å². The highest BCUT2D eigenvalue weighted by Crippen LogP contribution is 2.17. The smallest absolute Gasteiger partial charge is 0.170 e. The molecular formula is C14H23N3O. The number of hydrogen-bond donors (Lipinski definition) is 3. The number of rotatable bonds is 5. The summed E-state index contributed by atoms with van der Waals surface area (Å²) in [5.74, 6) is 0.145. The summed E-state index contributed by atoms with van der Waals surface area (Å²) in [7, 11) is 0. The van der Waals surface area contributed by atoms with Gasteiger partial charge in [0.25, 0.3) is 0 Å². The molecule has 0 bridgehead atoms. The standard InChI is InChI=1S/C14H23N3O/c1-14(2,3)7-8-16-10-11-5-4-6-12(9-11)13(15)17-18/h4-6,9,16,18H,7-8,10H2,1-3H3,(H2,15,17). The highest BCUT2D eigenvalue weighted by atomic mass is 16.4. The molecule has 0 fully saturated rings. The summed E-state index contributed by atoms with van der Waals surface area (Å²) in [4.78, 5) is 0. The lowest BCUT2D eigenvalue weighted by Crippen LogP contribution is -2.20. The molecule has 0 aliphatic heterocycles. The maximum absolute atomic E-state index is 8.63. The second kappa shape index (κ2) is 6.40. The molecule has 0 amide bonds. The van der Waals surface area contributed by atoms with Gasteiger partial charge in [0.15, 0.2) is 5.84 Å². The van der Waals surface area contributed by atoms with Gasteiger partial charge in [0.1, 0.15) is 0 Å². The fourth-order valence-electron chi connectivity index (χ4n) is 1.59. The van der Waals surface area contributed by atoms with Crippen LogP contribution in [0.2, 0.25) is 0 Å². The normalized spacial score (nSPS) is 12.7. The first kappa shape index (κ1) is 14.5. The molecule has 1 aromatic carbocycles. The third-order valence-electron chi connectivity index (χ3n) is 2.71. The predicted octanol–water partition coefficient (Wildman–Crippen LogP) is 2.31. The minimum Gasteiger partial charge on any atom is -0.409 e. The molecule has 0 heterocycles. The molecule has 0 spiro atoms. The second-order valence-corrected chi connectivity index (χ2v) is 5.67. The Morgan fingerprint density at radius 2 is 2.11 bits per heavy atom. The van der Waals surface area contributed by atoms with E-state index in [-0.39, 0.29) is 5.84 Å². The largest absolute Gasteiger partial charge is 0.409 e. The zero-order valence-electron chi connectivity index (χ0n) is 11.4. The van der Waals surface area contributed by atoms with Gasteiger partial charge in [-0.25, -0.2) is 0 Å². The zero-order chi connectivity index (χ0) is 13.6. The van der Waals surface area contributed by atoms with E-state index in [0.29, 0.717) is 5.41 Å². The van der Waals surface area contributed by atoms with Crippen molar-refractivity contribution in [2.24, 2.45) is 16.3 Å². The lowest BCUT2D eigenvalue weighted by molar-refractivity contribution is 0.318. The molecule has 0 unspecified atom stereocenters. The van der Waals surface area contributed by atoms with Crippen LogP contribution in [0.15, 0.2) is 29.4 Å². The fourth-order valence-corrected chi connectivity index (χ4v) is 1.59. The monoisotopic (exact) mass is 249 g/mol. The van der Waals surface area contributed by atoms with E-state index in [1.54, 1.807) is 0 Å². The molecule has 0 aromatic heterocycles. The van der Waals surface area contributed by atoms with Gasteiger partial charge < -0.3 is 16.3 Å². The van der Waals surface area contributed by atoms with E-state index in [0.717, 1.165) is 30.6 Å². The van der Waals surface area contributed by atoms with Crippen LogP contribution in [0.4, 0.5) is 0 Å². The maximum atomic E-state index is 8.63. The van der Waals surface area contributed by atoms with Crippen LogP contribution in [0.25, 0.3) is 0 Å². The molecular weight excluding hydrogens is 226 g/mol. The van der Waals surface area contributed by atoms with E-state index in [1.165, 1.54) is 0 Å². The summed E-state index contributed by atoms with van der Waals surface area (Å²) in [5, 5.41) is 15.0. The van der Waals surface area contributed by atoms with Gasteiger partial charge in [-0.2, -0.15) is 0 Å². The molecule has 18 heavy (non-hydrogen) atoms. The number of benzene rings is 1. The number of amidine groups is 1. The molecule has 4 heteroatoms. The molecule has 0 aliphatic carbocycles. The molecule has 0 atom stereocenters. The van der Waals surface area contributed by atoms with Crippen LogP contribution in [0.1, 0.15) is 38.3 Å². The van der Waals surface area contributed by atoms with E-state index in [9.17, 15) is 0 Å². The van der Waals surface area contributed by atoms with Crippen LogP contribution in [-0.4, -0.2) is 17.6 Å². The van der Waals surface area contributed by atoms with E-state index in [4.69, 9.17) is 10.9 Å². The molecule has 0 saturated carbocycles. The molecule has 4 nitrogen and oxygen atoms in total. The van der Waals surface area contributed by atoms with Crippen molar-refractivity contribution in [3.8, 4) is 0 Å². The quantitative estimate of drug-likeness (QED) is 0.246. The van der Waals surface area contributed by atoms with Crippen molar-refractivity contribution in [1.82, 2.24) is 5.32 Å². The zero-order valence-corrected chi connectivity index (χ0v) is 11.4. The Balaban J connectivity index is 2.48. The minimum absolute atomic E-state index is 0.145. The Labute approximate surface area is 109 Å². The van der Waals surface area contributed by atoms with E-state index in [2.05, 4.69) is 31.2 Å². The van der Waals surface area contributed by atoms with Gasteiger partial charge in [-0.15, -0.1) is 0 Å². The van der Waals surface area contributed by atoms with Crippen molar-refractivity contribution in [3.05, 3.63) is 35.4 Å². The van der Waals surface area contributed by atoms with E-state index < -0.39 is 0 Å². The topological polar surface area (TPSA) is 70.6 Å². The first-order valence-electron chi connectivity index (χ1n) is 6.20. The Morgan fingerprint density at radius 3 is 2.72 bits per heavy atom. The second-order valence-electron chi connectivity index (χ2n) is 5.67. The number of nitrogens with two attached hydrogens (primary N) is 1. The van der Waals surface area contributed by atoms with Gasteiger partial charge in [0, 0.05) is 12.1 Å². The third-order valence-corrected chi connectivity index (χ3v) is 2.71. The highest BCUT2D eigenvalue weighted by molar-refractivity contribution is 5.97.